The van der Waals surface area contributed by atoms with Gasteiger partial charge in [-0.25, -0.2) is 4.39 Å². The van der Waals surface area contributed by atoms with Gasteiger partial charge in [-0.1, -0.05) is 17.3 Å². The van der Waals surface area contributed by atoms with Gasteiger partial charge in [0.2, 0.25) is 0 Å². The Hall–Kier alpha value is -1.46. The normalized spacial score (nSPS) is 25.6. The maximum atomic E-state index is 13.3. The zero-order valence-corrected chi connectivity index (χ0v) is 15.3. The molecular weight excluding hydrogens is 307 g/mol. The molecule has 24 heavy (non-hydrogen) atoms. The molecule has 3 atom stereocenters. The van der Waals surface area contributed by atoms with Crippen LogP contribution in [0.1, 0.15) is 45.6 Å². The second-order valence-electron chi connectivity index (χ2n) is 7.37. The van der Waals surface area contributed by atoms with Crippen LogP contribution >= 0.6 is 0 Å². The largest absolute Gasteiger partial charge is 0.390 e. The first kappa shape index (κ1) is 18.9. The Bertz CT molecular complexity index is 551. The fourth-order valence-electron chi connectivity index (χ4n) is 3.14. The highest BCUT2D eigenvalue weighted by atomic mass is 19.1. The van der Waals surface area contributed by atoms with Crippen molar-refractivity contribution in [3.05, 3.63) is 35.6 Å². The van der Waals surface area contributed by atoms with E-state index < -0.39 is 0 Å². The summed E-state index contributed by atoms with van der Waals surface area (Å²) in [5.41, 5.74) is 1.42. The van der Waals surface area contributed by atoms with Crippen LogP contribution in [0.5, 0.6) is 0 Å². The third-order valence-electron chi connectivity index (χ3n) is 4.41. The standard InChI is InChI=1S/C19H29FN2O2/c1-19(2,3)24-22-18(13-6-9-15(20)10-7-13)14-8-11-16(21-4)17(12-14)23-5/h6-7,9-10,14,16-17,21H,8,11-12H2,1-5H3/b22-18+/t14-,16-,17-/m1/s1. The van der Waals surface area contributed by atoms with Crippen molar-refractivity contribution in [3.63, 3.8) is 0 Å². The predicted octanol–water partition coefficient (Wildman–Crippen LogP) is 3.75. The molecule has 5 heteroatoms. The van der Waals surface area contributed by atoms with Crippen molar-refractivity contribution < 1.29 is 14.0 Å². The Morgan fingerprint density at radius 1 is 1.21 bits per heavy atom. The summed E-state index contributed by atoms with van der Waals surface area (Å²) >= 11 is 0. The number of likely N-dealkylation sites (N-methyl/N-ethyl adjacent to an activating group) is 1. The van der Waals surface area contributed by atoms with Crippen LogP contribution in [0.15, 0.2) is 29.4 Å². The minimum atomic E-state index is -0.367. The Kier molecular flexibility index (Phi) is 6.35. The van der Waals surface area contributed by atoms with E-state index in [9.17, 15) is 4.39 Å². The topological polar surface area (TPSA) is 42.9 Å². The van der Waals surface area contributed by atoms with Gasteiger partial charge >= 0.3 is 0 Å². The van der Waals surface area contributed by atoms with Gasteiger partial charge in [-0.3, -0.25) is 0 Å². The van der Waals surface area contributed by atoms with Gasteiger partial charge in [-0.15, -0.1) is 0 Å². The lowest BCUT2D eigenvalue weighted by molar-refractivity contribution is -0.00173. The van der Waals surface area contributed by atoms with Crippen molar-refractivity contribution in [2.24, 2.45) is 11.1 Å². The number of halogens is 1. The highest BCUT2D eigenvalue weighted by Gasteiger charge is 2.33. The molecule has 1 aromatic carbocycles. The lowest BCUT2D eigenvalue weighted by atomic mass is 9.79. The first-order valence-corrected chi connectivity index (χ1v) is 8.56. The van der Waals surface area contributed by atoms with Crippen molar-refractivity contribution in [2.75, 3.05) is 14.2 Å². The molecule has 1 aliphatic carbocycles. The van der Waals surface area contributed by atoms with Crippen molar-refractivity contribution >= 4 is 5.71 Å². The summed E-state index contributed by atoms with van der Waals surface area (Å²) in [4.78, 5) is 5.69. The average Bonchev–Trinajstić information content (AvgIpc) is 2.55. The summed E-state index contributed by atoms with van der Waals surface area (Å²) < 4.78 is 18.9. The van der Waals surface area contributed by atoms with Crippen LogP contribution in [0.2, 0.25) is 0 Å². The number of hydrogen-bond acceptors (Lipinski definition) is 4. The monoisotopic (exact) mass is 336 g/mol. The van der Waals surface area contributed by atoms with Gasteiger partial charge in [0.1, 0.15) is 11.4 Å². The van der Waals surface area contributed by atoms with Gasteiger partial charge in [0.25, 0.3) is 0 Å². The molecule has 4 nitrogen and oxygen atoms in total. The lowest BCUT2D eigenvalue weighted by Crippen LogP contribution is -2.45. The van der Waals surface area contributed by atoms with Crippen molar-refractivity contribution in [1.29, 1.82) is 0 Å². The molecule has 0 aromatic heterocycles. The summed E-state index contributed by atoms with van der Waals surface area (Å²) in [7, 11) is 3.71. The number of oxime groups is 1. The molecule has 0 spiro atoms. The zero-order valence-electron chi connectivity index (χ0n) is 15.3. The predicted molar refractivity (Wildman–Crippen MR) is 94.8 cm³/mol. The molecule has 1 fully saturated rings. The molecule has 0 radical (unpaired) electrons. The van der Waals surface area contributed by atoms with Crippen LogP contribution in [-0.4, -0.2) is 37.6 Å². The molecule has 0 amide bonds. The quantitative estimate of drug-likeness (QED) is 0.658. The van der Waals surface area contributed by atoms with E-state index in [1.54, 1.807) is 19.2 Å². The Morgan fingerprint density at radius 3 is 2.42 bits per heavy atom. The molecule has 0 unspecified atom stereocenters. The maximum absolute atomic E-state index is 13.3. The van der Waals surface area contributed by atoms with Crippen LogP contribution in [0.25, 0.3) is 0 Å². The number of nitrogens with zero attached hydrogens (tertiary/aromatic N) is 1. The molecule has 1 aliphatic rings. The van der Waals surface area contributed by atoms with Gasteiger partial charge in [0.05, 0.1) is 11.8 Å². The number of hydrogen-bond donors (Lipinski definition) is 1. The van der Waals surface area contributed by atoms with Crippen LogP contribution < -0.4 is 5.32 Å². The summed E-state index contributed by atoms with van der Waals surface area (Å²) in [6.07, 6.45) is 3.00. The summed E-state index contributed by atoms with van der Waals surface area (Å²) in [5.74, 6) is -0.0177. The fourth-order valence-corrected chi connectivity index (χ4v) is 3.14. The molecule has 2 rings (SSSR count). The van der Waals surface area contributed by atoms with Gasteiger partial charge < -0.3 is 14.9 Å². The molecular formula is C19H29FN2O2. The van der Waals surface area contributed by atoms with Crippen molar-refractivity contribution in [1.82, 2.24) is 5.32 Å². The van der Waals surface area contributed by atoms with E-state index in [1.807, 2.05) is 27.8 Å². The summed E-state index contributed by atoms with van der Waals surface area (Å²) in [6.45, 7) is 5.90. The molecule has 134 valence electrons. The Labute approximate surface area is 144 Å². The fraction of sp³-hybridized carbons (Fsp3) is 0.632. The number of benzene rings is 1. The maximum Gasteiger partial charge on any atom is 0.129 e. The van der Waals surface area contributed by atoms with E-state index in [4.69, 9.17) is 9.57 Å². The highest BCUT2D eigenvalue weighted by molar-refractivity contribution is 6.02. The third kappa shape index (κ3) is 5.02. The van der Waals surface area contributed by atoms with Gasteiger partial charge in [-0.2, -0.15) is 0 Å². The van der Waals surface area contributed by atoms with Gasteiger partial charge in [-0.05, 0) is 64.8 Å². The number of rotatable bonds is 5. The first-order chi connectivity index (χ1) is 11.3. The Balaban J connectivity index is 2.27. The van der Waals surface area contributed by atoms with E-state index in [0.717, 1.165) is 30.5 Å². The van der Waals surface area contributed by atoms with E-state index in [-0.39, 0.29) is 23.4 Å². The van der Waals surface area contributed by atoms with Crippen LogP contribution in [0.4, 0.5) is 4.39 Å². The molecule has 0 saturated heterocycles. The third-order valence-corrected chi connectivity index (χ3v) is 4.41. The van der Waals surface area contributed by atoms with E-state index in [0.29, 0.717) is 6.04 Å². The number of methoxy groups -OCH3 is 1. The summed E-state index contributed by atoms with van der Waals surface area (Å²) in [5, 5.41) is 7.78. The second kappa shape index (κ2) is 8.08. The van der Waals surface area contributed by atoms with Crippen LogP contribution in [0.3, 0.4) is 0 Å². The first-order valence-electron chi connectivity index (χ1n) is 8.56. The van der Waals surface area contributed by atoms with Crippen LogP contribution in [0, 0.1) is 11.7 Å². The lowest BCUT2D eigenvalue weighted by Gasteiger charge is -2.35. The molecule has 1 N–H and O–H groups in total. The van der Waals surface area contributed by atoms with Crippen molar-refractivity contribution in [2.45, 2.75) is 57.8 Å². The minimum absolute atomic E-state index is 0.133. The zero-order chi connectivity index (χ0) is 17.7. The number of nitrogens with one attached hydrogen (secondary N) is 1. The molecule has 0 aliphatic heterocycles. The highest BCUT2D eigenvalue weighted by Crippen LogP contribution is 2.30. The second-order valence-corrected chi connectivity index (χ2v) is 7.37. The minimum Gasteiger partial charge on any atom is -0.390 e. The SMILES string of the molecule is CN[C@@H]1CC[C@@H](/C(=N/OC(C)(C)C)c2ccc(F)cc2)C[C@H]1OC. The molecule has 1 aromatic rings. The number of ether oxygens (including phenoxy) is 1. The van der Waals surface area contributed by atoms with E-state index in [2.05, 4.69) is 10.5 Å². The molecule has 0 bridgehead atoms. The van der Waals surface area contributed by atoms with Gasteiger partial charge in [0.15, 0.2) is 0 Å². The van der Waals surface area contributed by atoms with Gasteiger partial charge in [0, 0.05) is 19.1 Å². The smallest absolute Gasteiger partial charge is 0.129 e. The molecule has 1 saturated carbocycles. The Morgan fingerprint density at radius 2 is 1.88 bits per heavy atom. The summed E-state index contributed by atoms with van der Waals surface area (Å²) in [6, 6.07) is 6.83. The van der Waals surface area contributed by atoms with Crippen LogP contribution in [-0.2, 0) is 9.57 Å². The van der Waals surface area contributed by atoms with E-state index in [1.165, 1.54) is 12.1 Å². The average molecular weight is 336 g/mol. The van der Waals surface area contributed by atoms with E-state index >= 15 is 0 Å². The molecule has 0 heterocycles. The van der Waals surface area contributed by atoms with Crippen molar-refractivity contribution in [3.8, 4) is 0 Å².